The van der Waals surface area contributed by atoms with Gasteiger partial charge in [0.2, 0.25) is 5.91 Å². The fourth-order valence-corrected chi connectivity index (χ4v) is 3.32. The Morgan fingerprint density at radius 1 is 1.30 bits per heavy atom. The van der Waals surface area contributed by atoms with E-state index in [2.05, 4.69) is 12.1 Å². The summed E-state index contributed by atoms with van der Waals surface area (Å²) in [6.45, 7) is 2.86. The topological polar surface area (TPSA) is 55.6 Å². The van der Waals surface area contributed by atoms with E-state index in [-0.39, 0.29) is 11.8 Å². The maximum Gasteiger partial charge on any atom is 0.230 e. The van der Waals surface area contributed by atoms with Crippen LogP contribution in [0.4, 0.5) is 5.69 Å². The number of ether oxygens (including phenoxy) is 1. The molecule has 1 saturated heterocycles. The van der Waals surface area contributed by atoms with E-state index in [1.54, 1.807) is 0 Å². The van der Waals surface area contributed by atoms with Crippen LogP contribution < -0.4 is 10.6 Å². The van der Waals surface area contributed by atoms with Crippen LogP contribution in [0.2, 0.25) is 0 Å². The molecule has 1 atom stereocenters. The van der Waals surface area contributed by atoms with E-state index in [1.807, 2.05) is 17.0 Å². The number of hydrogen-bond donors (Lipinski definition) is 1. The SMILES string of the molecule is NCCC1CN(C(=O)C2CCOCC2)c2ccccc21. The maximum absolute atomic E-state index is 12.8. The molecule has 0 spiro atoms. The Bertz CT molecular complexity index is 483. The first-order valence-electron chi connectivity index (χ1n) is 7.49. The maximum atomic E-state index is 12.8. The number of benzene rings is 1. The van der Waals surface area contributed by atoms with Gasteiger partial charge in [-0.15, -0.1) is 0 Å². The Hall–Kier alpha value is -1.39. The van der Waals surface area contributed by atoms with E-state index in [0.717, 1.165) is 31.5 Å². The zero-order valence-corrected chi connectivity index (χ0v) is 11.8. The summed E-state index contributed by atoms with van der Waals surface area (Å²) in [5.41, 5.74) is 8.07. The molecule has 1 unspecified atom stereocenters. The fraction of sp³-hybridized carbons (Fsp3) is 0.562. The minimum Gasteiger partial charge on any atom is -0.381 e. The van der Waals surface area contributed by atoms with Gasteiger partial charge in [0.05, 0.1) is 0 Å². The number of anilines is 1. The van der Waals surface area contributed by atoms with Crippen LogP contribution in [0.1, 0.15) is 30.7 Å². The van der Waals surface area contributed by atoms with Gasteiger partial charge in [0.1, 0.15) is 0 Å². The summed E-state index contributed by atoms with van der Waals surface area (Å²) in [6, 6.07) is 8.24. The molecule has 20 heavy (non-hydrogen) atoms. The zero-order valence-electron chi connectivity index (χ0n) is 11.8. The van der Waals surface area contributed by atoms with Crippen molar-refractivity contribution in [3.63, 3.8) is 0 Å². The number of nitrogens with two attached hydrogens (primary N) is 1. The van der Waals surface area contributed by atoms with Crippen molar-refractivity contribution in [3.05, 3.63) is 29.8 Å². The van der Waals surface area contributed by atoms with Gasteiger partial charge in [0.15, 0.2) is 0 Å². The van der Waals surface area contributed by atoms with Crippen molar-refractivity contribution in [2.45, 2.75) is 25.2 Å². The number of fused-ring (bicyclic) bond motifs is 1. The van der Waals surface area contributed by atoms with Crippen molar-refractivity contribution in [3.8, 4) is 0 Å². The van der Waals surface area contributed by atoms with Gasteiger partial charge in [0, 0.05) is 37.3 Å². The van der Waals surface area contributed by atoms with E-state index in [4.69, 9.17) is 10.5 Å². The first-order valence-corrected chi connectivity index (χ1v) is 7.49. The second-order valence-electron chi connectivity index (χ2n) is 5.67. The molecule has 1 fully saturated rings. The highest BCUT2D eigenvalue weighted by Gasteiger charge is 2.35. The number of rotatable bonds is 3. The molecule has 1 aromatic rings. The number of para-hydroxylation sites is 1. The third-order valence-corrected chi connectivity index (χ3v) is 4.42. The van der Waals surface area contributed by atoms with Crippen LogP contribution in [0.15, 0.2) is 24.3 Å². The molecule has 2 aliphatic heterocycles. The van der Waals surface area contributed by atoms with Crippen molar-refractivity contribution >= 4 is 11.6 Å². The highest BCUT2D eigenvalue weighted by atomic mass is 16.5. The highest BCUT2D eigenvalue weighted by molar-refractivity contribution is 5.97. The van der Waals surface area contributed by atoms with Crippen LogP contribution in [0.3, 0.4) is 0 Å². The van der Waals surface area contributed by atoms with Crippen LogP contribution in [-0.4, -0.2) is 32.2 Å². The van der Waals surface area contributed by atoms with Gasteiger partial charge in [0.25, 0.3) is 0 Å². The Balaban J connectivity index is 1.82. The van der Waals surface area contributed by atoms with Gasteiger partial charge >= 0.3 is 0 Å². The quantitative estimate of drug-likeness (QED) is 0.915. The van der Waals surface area contributed by atoms with Crippen molar-refractivity contribution in [1.29, 1.82) is 0 Å². The van der Waals surface area contributed by atoms with Crippen LogP contribution in [0.5, 0.6) is 0 Å². The molecule has 0 aliphatic carbocycles. The Morgan fingerprint density at radius 3 is 2.80 bits per heavy atom. The van der Waals surface area contributed by atoms with Gasteiger partial charge in [-0.3, -0.25) is 4.79 Å². The second-order valence-corrected chi connectivity index (χ2v) is 5.67. The Labute approximate surface area is 119 Å². The summed E-state index contributed by atoms with van der Waals surface area (Å²) in [4.78, 5) is 14.7. The van der Waals surface area contributed by atoms with Gasteiger partial charge in [-0.05, 0) is 37.4 Å². The van der Waals surface area contributed by atoms with Crippen LogP contribution >= 0.6 is 0 Å². The van der Waals surface area contributed by atoms with E-state index in [9.17, 15) is 4.79 Å². The molecule has 0 bridgehead atoms. The van der Waals surface area contributed by atoms with Gasteiger partial charge in [-0.25, -0.2) is 0 Å². The van der Waals surface area contributed by atoms with Crippen LogP contribution in [-0.2, 0) is 9.53 Å². The standard InChI is InChI=1S/C16H22N2O2/c17-8-5-13-11-18(15-4-2-1-3-14(13)15)16(19)12-6-9-20-10-7-12/h1-4,12-13H,5-11,17H2. The average Bonchev–Trinajstić information content (AvgIpc) is 2.87. The van der Waals surface area contributed by atoms with E-state index >= 15 is 0 Å². The van der Waals surface area contributed by atoms with Gasteiger partial charge in [-0.1, -0.05) is 18.2 Å². The minimum absolute atomic E-state index is 0.119. The van der Waals surface area contributed by atoms with Crippen molar-refractivity contribution < 1.29 is 9.53 Å². The zero-order chi connectivity index (χ0) is 13.9. The Morgan fingerprint density at radius 2 is 2.05 bits per heavy atom. The lowest BCUT2D eigenvalue weighted by atomic mass is 9.98. The molecule has 3 rings (SSSR count). The van der Waals surface area contributed by atoms with Crippen LogP contribution in [0.25, 0.3) is 0 Å². The molecule has 4 heteroatoms. The number of nitrogens with zero attached hydrogens (tertiary/aromatic N) is 1. The molecule has 4 nitrogen and oxygen atoms in total. The first kappa shape index (κ1) is 13.6. The monoisotopic (exact) mass is 274 g/mol. The third-order valence-electron chi connectivity index (χ3n) is 4.42. The third kappa shape index (κ3) is 2.45. The van der Waals surface area contributed by atoms with Crippen molar-refractivity contribution in [2.24, 2.45) is 11.7 Å². The molecular weight excluding hydrogens is 252 g/mol. The van der Waals surface area contributed by atoms with E-state index in [1.165, 1.54) is 5.56 Å². The number of carbonyl (C=O) groups excluding carboxylic acids is 1. The summed E-state index contributed by atoms with van der Waals surface area (Å²) >= 11 is 0. The summed E-state index contributed by atoms with van der Waals surface area (Å²) < 4.78 is 5.35. The van der Waals surface area contributed by atoms with E-state index < -0.39 is 0 Å². The summed E-state index contributed by atoms with van der Waals surface area (Å²) in [5.74, 6) is 0.772. The highest BCUT2D eigenvalue weighted by Crippen LogP contribution is 2.39. The average molecular weight is 274 g/mol. The lowest BCUT2D eigenvalue weighted by Crippen LogP contribution is -2.38. The smallest absolute Gasteiger partial charge is 0.230 e. The number of hydrogen-bond acceptors (Lipinski definition) is 3. The van der Waals surface area contributed by atoms with Gasteiger partial charge < -0.3 is 15.4 Å². The van der Waals surface area contributed by atoms with Crippen molar-refractivity contribution in [2.75, 3.05) is 31.2 Å². The summed E-state index contributed by atoms with van der Waals surface area (Å²) in [6.07, 6.45) is 2.63. The van der Waals surface area contributed by atoms with Crippen LogP contribution in [0, 0.1) is 5.92 Å². The molecule has 1 aromatic carbocycles. The minimum atomic E-state index is 0.119. The molecule has 108 valence electrons. The molecular formula is C16H22N2O2. The van der Waals surface area contributed by atoms with Gasteiger partial charge in [-0.2, -0.15) is 0 Å². The molecule has 2 aliphatic rings. The summed E-state index contributed by atoms with van der Waals surface area (Å²) in [7, 11) is 0. The lowest BCUT2D eigenvalue weighted by molar-refractivity contribution is -0.125. The normalized spacial score (nSPS) is 22.9. The fourth-order valence-electron chi connectivity index (χ4n) is 3.32. The molecule has 1 amide bonds. The van der Waals surface area contributed by atoms with Crippen molar-refractivity contribution in [1.82, 2.24) is 0 Å². The molecule has 0 aromatic heterocycles. The summed E-state index contributed by atoms with van der Waals surface area (Å²) in [5, 5.41) is 0. The largest absolute Gasteiger partial charge is 0.381 e. The lowest BCUT2D eigenvalue weighted by Gasteiger charge is -2.27. The van der Waals surface area contributed by atoms with E-state index in [0.29, 0.717) is 25.7 Å². The Kier molecular flexibility index (Phi) is 4.03. The predicted molar refractivity (Wildman–Crippen MR) is 78.8 cm³/mol. The molecule has 0 radical (unpaired) electrons. The predicted octanol–water partition coefficient (Wildman–Crippen LogP) is 1.89. The number of amides is 1. The first-order chi connectivity index (χ1) is 9.81. The molecule has 2 N–H and O–H groups in total. The second kappa shape index (κ2) is 5.94. The molecule has 0 saturated carbocycles. The number of carbonyl (C=O) groups is 1. The molecule has 2 heterocycles.